The fourth-order valence-corrected chi connectivity index (χ4v) is 4.25. The Morgan fingerprint density at radius 2 is 1.97 bits per heavy atom. The summed E-state index contributed by atoms with van der Waals surface area (Å²) in [6.45, 7) is 1.88. The number of hydrogen-bond donors (Lipinski definition) is 3. The molecule has 30 heavy (non-hydrogen) atoms. The van der Waals surface area contributed by atoms with Crippen LogP contribution in [0.4, 0.5) is 13.2 Å². The lowest BCUT2D eigenvalue weighted by Crippen LogP contribution is -2.53. The highest BCUT2D eigenvalue weighted by atomic mass is 19.4. The third-order valence-corrected chi connectivity index (χ3v) is 5.91. The van der Waals surface area contributed by atoms with Gasteiger partial charge in [0.2, 0.25) is 0 Å². The average Bonchev–Trinajstić information content (AvgIpc) is 3.26. The van der Waals surface area contributed by atoms with E-state index in [-0.39, 0.29) is 17.3 Å². The van der Waals surface area contributed by atoms with Gasteiger partial charge in [-0.25, -0.2) is 4.98 Å². The van der Waals surface area contributed by atoms with Gasteiger partial charge in [-0.1, -0.05) is 6.07 Å². The zero-order valence-electron chi connectivity index (χ0n) is 16.1. The van der Waals surface area contributed by atoms with Gasteiger partial charge in [-0.15, -0.1) is 0 Å². The number of aryl methyl sites for hydroxylation is 1. The van der Waals surface area contributed by atoms with Crippen LogP contribution in [0.1, 0.15) is 46.8 Å². The van der Waals surface area contributed by atoms with E-state index in [1.165, 1.54) is 18.2 Å². The summed E-state index contributed by atoms with van der Waals surface area (Å²) in [5, 5.41) is 9.56. The Balaban J connectivity index is 1.86. The van der Waals surface area contributed by atoms with Crippen molar-refractivity contribution in [2.45, 2.75) is 37.4 Å². The van der Waals surface area contributed by atoms with Crippen molar-refractivity contribution in [1.82, 2.24) is 15.0 Å². The van der Waals surface area contributed by atoms with Crippen LogP contribution in [0, 0.1) is 18.3 Å². The molecule has 1 atom stereocenters. The van der Waals surface area contributed by atoms with Crippen LogP contribution in [0.3, 0.4) is 0 Å². The first-order valence-corrected chi connectivity index (χ1v) is 9.61. The van der Waals surface area contributed by atoms with E-state index in [2.05, 4.69) is 15.0 Å². The number of H-pyrrole nitrogens is 2. The number of aromatic nitrogens is 3. The molecule has 2 aromatic carbocycles. The van der Waals surface area contributed by atoms with E-state index in [0.29, 0.717) is 33.1 Å². The molecule has 8 heteroatoms. The number of aromatic amines is 2. The normalized spacial score (nSPS) is 16.7. The summed E-state index contributed by atoms with van der Waals surface area (Å²) < 4.78 is 44.1. The second-order valence-corrected chi connectivity index (χ2v) is 7.93. The van der Waals surface area contributed by atoms with E-state index in [9.17, 15) is 13.2 Å². The number of nitrogens with two attached hydrogens (primary N) is 1. The van der Waals surface area contributed by atoms with Gasteiger partial charge in [0.25, 0.3) is 0 Å². The van der Waals surface area contributed by atoms with E-state index < -0.39 is 11.7 Å². The molecule has 2 aromatic heterocycles. The van der Waals surface area contributed by atoms with Gasteiger partial charge in [0.05, 0.1) is 22.7 Å². The fourth-order valence-electron chi connectivity index (χ4n) is 4.25. The number of nitrogens with one attached hydrogen (secondary N) is 2. The molecule has 0 saturated heterocycles. The second kappa shape index (κ2) is 6.09. The number of alkyl halides is 3. The van der Waals surface area contributed by atoms with Gasteiger partial charge in [-0.05, 0) is 61.1 Å². The molecule has 1 aliphatic rings. The number of halogens is 3. The van der Waals surface area contributed by atoms with E-state index in [1.807, 2.05) is 19.1 Å². The van der Waals surface area contributed by atoms with Crippen molar-refractivity contribution in [1.29, 1.82) is 5.26 Å². The number of nitriles is 1. The second-order valence-electron chi connectivity index (χ2n) is 7.93. The van der Waals surface area contributed by atoms with Crippen LogP contribution >= 0.6 is 0 Å². The minimum absolute atomic E-state index is 0.0407. The van der Waals surface area contributed by atoms with Gasteiger partial charge >= 0.3 is 6.18 Å². The smallest absolute Gasteiger partial charge is 0.361 e. The lowest BCUT2D eigenvalue weighted by atomic mass is 9.81. The molecule has 0 spiro atoms. The van der Waals surface area contributed by atoms with Crippen molar-refractivity contribution < 1.29 is 13.2 Å². The average molecular weight is 409 g/mol. The van der Waals surface area contributed by atoms with Crippen LogP contribution < -0.4 is 5.73 Å². The maximum absolute atomic E-state index is 14.7. The van der Waals surface area contributed by atoms with E-state index in [1.54, 1.807) is 12.3 Å². The highest BCUT2D eigenvalue weighted by molar-refractivity contribution is 5.89. The number of imidazole rings is 1. The first-order chi connectivity index (χ1) is 14.2. The molecule has 1 fully saturated rings. The summed E-state index contributed by atoms with van der Waals surface area (Å²) in [5.41, 5.74) is 6.65. The van der Waals surface area contributed by atoms with Gasteiger partial charge in [-0.3, -0.25) is 0 Å². The summed E-state index contributed by atoms with van der Waals surface area (Å²) in [5.74, 6) is -0.328. The number of hydrogen-bond acceptors (Lipinski definition) is 3. The zero-order valence-corrected chi connectivity index (χ0v) is 16.1. The Morgan fingerprint density at radius 1 is 1.20 bits per heavy atom. The zero-order chi connectivity index (χ0) is 21.3. The van der Waals surface area contributed by atoms with Gasteiger partial charge in [0.1, 0.15) is 5.82 Å². The third kappa shape index (κ3) is 2.55. The fraction of sp³-hybridized carbons (Fsp3) is 0.273. The van der Waals surface area contributed by atoms with E-state index >= 15 is 0 Å². The van der Waals surface area contributed by atoms with Crippen molar-refractivity contribution in [2.24, 2.45) is 5.73 Å². The Hall–Kier alpha value is -3.31. The quantitative estimate of drug-likeness (QED) is 0.451. The first-order valence-electron chi connectivity index (χ1n) is 9.61. The lowest BCUT2D eigenvalue weighted by molar-refractivity contribution is -0.178. The largest absolute Gasteiger partial charge is 0.417 e. The third-order valence-electron chi connectivity index (χ3n) is 5.91. The van der Waals surface area contributed by atoms with Crippen molar-refractivity contribution in [3.05, 3.63) is 64.6 Å². The van der Waals surface area contributed by atoms with Crippen molar-refractivity contribution in [3.8, 4) is 6.07 Å². The van der Waals surface area contributed by atoms with Crippen molar-refractivity contribution in [3.63, 3.8) is 0 Å². The van der Waals surface area contributed by atoms with Crippen LogP contribution in [-0.4, -0.2) is 21.1 Å². The number of benzene rings is 2. The summed E-state index contributed by atoms with van der Waals surface area (Å²) in [6.07, 6.45) is -1.50. The van der Waals surface area contributed by atoms with Crippen LogP contribution in [0.2, 0.25) is 0 Å². The molecule has 0 radical (unpaired) electrons. The lowest BCUT2D eigenvalue weighted by Gasteiger charge is -2.33. The highest BCUT2D eigenvalue weighted by Crippen LogP contribution is 2.51. The minimum atomic E-state index is -4.80. The van der Waals surface area contributed by atoms with Crippen LogP contribution in [0.25, 0.3) is 21.9 Å². The van der Waals surface area contributed by atoms with Crippen molar-refractivity contribution in [2.75, 3.05) is 0 Å². The summed E-state index contributed by atoms with van der Waals surface area (Å²) in [7, 11) is 0. The number of rotatable bonds is 3. The number of fused-ring (bicyclic) bond motifs is 2. The van der Waals surface area contributed by atoms with Crippen LogP contribution in [0.15, 0.2) is 36.5 Å². The predicted octanol–water partition coefficient (Wildman–Crippen LogP) is 4.87. The van der Waals surface area contributed by atoms with Crippen LogP contribution in [0.5, 0.6) is 0 Å². The molecule has 4 aromatic rings. The van der Waals surface area contributed by atoms with Gasteiger partial charge in [0.15, 0.2) is 5.54 Å². The summed E-state index contributed by atoms with van der Waals surface area (Å²) in [6, 6.07) is 9.96. The van der Waals surface area contributed by atoms with E-state index in [0.717, 1.165) is 18.4 Å². The molecule has 152 valence electrons. The molecular formula is C22H18F3N5. The van der Waals surface area contributed by atoms with Gasteiger partial charge < -0.3 is 15.7 Å². The topological polar surface area (TPSA) is 94.3 Å². The van der Waals surface area contributed by atoms with Gasteiger partial charge in [-0.2, -0.15) is 18.4 Å². The molecule has 2 heterocycles. The minimum Gasteiger partial charge on any atom is -0.361 e. The Kier molecular flexibility index (Phi) is 3.80. The number of nitrogens with zero attached hydrogens (tertiary/aromatic N) is 2. The Morgan fingerprint density at radius 3 is 2.63 bits per heavy atom. The molecule has 5 nitrogen and oxygen atoms in total. The molecular weight excluding hydrogens is 391 g/mol. The SMILES string of the molecule is Cc1cc(C2CC2)c(C(N)(c2nc3ccc(C#N)cc3[nH]2)C(F)(F)F)c2cc[nH]c12. The molecule has 5 rings (SSSR count). The highest BCUT2D eigenvalue weighted by Gasteiger charge is 2.59. The first kappa shape index (κ1) is 18.7. The molecule has 0 amide bonds. The molecule has 1 unspecified atom stereocenters. The summed E-state index contributed by atoms with van der Waals surface area (Å²) in [4.78, 5) is 10.0. The monoisotopic (exact) mass is 409 g/mol. The molecule has 1 saturated carbocycles. The maximum Gasteiger partial charge on any atom is 0.417 e. The maximum atomic E-state index is 14.7. The van der Waals surface area contributed by atoms with Gasteiger partial charge in [0, 0.05) is 22.7 Å². The standard InChI is InChI=1S/C22H18F3N5/c1-11-8-15(13-3-4-13)18(14-6-7-28-19(11)14)21(27,22(23,24)25)20-29-16-5-2-12(10-26)9-17(16)30-20/h2,5-9,13,28H,3-4,27H2,1H3,(H,29,30). The predicted molar refractivity (Wildman–Crippen MR) is 107 cm³/mol. The molecule has 1 aliphatic carbocycles. The van der Waals surface area contributed by atoms with E-state index in [4.69, 9.17) is 11.0 Å². The molecule has 4 N–H and O–H groups in total. The molecule has 0 aliphatic heterocycles. The Bertz CT molecular complexity index is 1340. The van der Waals surface area contributed by atoms with Crippen molar-refractivity contribution >= 4 is 21.9 Å². The van der Waals surface area contributed by atoms with Crippen LogP contribution in [-0.2, 0) is 5.54 Å². The molecule has 0 bridgehead atoms. The Labute approximate surface area is 169 Å². The summed E-state index contributed by atoms with van der Waals surface area (Å²) >= 11 is 0.